The van der Waals surface area contributed by atoms with Gasteiger partial charge in [-0.3, -0.25) is 4.90 Å². The van der Waals surface area contributed by atoms with Gasteiger partial charge in [-0.15, -0.1) is 0 Å². The zero-order valence-electron chi connectivity index (χ0n) is 13.0. The van der Waals surface area contributed by atoms with Crippen LogP contribution >= 0.6 is 0 Å². The van der Waals surface area contributed by atoms with Crippen molar-refractivity contribution in [2.75, 3.05) is 34.4 Å². The third-order valence-corrected chi connectivity index (χ3v) is 4.34. The van der Waals surface area contributed by atoms with Crippen LogP contribution < -0.4 is 14.8 Å². The third-order valence-electron chi connectivity index (χ3n) is 4.34. The van der Waals surface area contributed by atoms with E-state index in [-0.39, 0.29) is 0 Å². The molecule has 0 radical (unpaired) electrons. The minimum Gasteiger partial charge on any atom is -0.497 e. The van der Waals surface area contributed by atoms with Crippen molar-refractivity contribution in [1.82, 2.24) is 10.2 Å². The van der Waals surface area contributed by atoms with E-state index in [9.17, 15) is 0 Å². The molecule has 112 valence electrons. The first-order valence-electron chi connectivity index (χ1n) is 7.32. The van der Waals surface area contributed by atoms with Crippen molar-refractivity contribution in [1.29, 1.82) is 0 Å². The van der Waals surface area contributed by atoms with E-state index < -0.39 is 0 Å². The summed E-state index contributed by atoms with van der Waals surface area (Å²) in [5.74, 6) is 1.80. The summed E-state index contributed by atoms with van der Waals surface area (Å²) < 4.78 is 10.8. The van der Waals surface area contributed by atoms with E-state index in [4.69, 9.17) is 9.47 Å². The molecule has 1 saturated heterocycles. The lowest BCUT2D eigenvalue weighted by Gasteiger charge is -2.36. The summed E-state index contributed by atoms with van der Waals surface area (Å²) in [6, 6.07) is 6.88. The summed E-state index contributed by atoms with van der Waals surface area (Å²) in [5, 5.41) is 3.48. The Labute approximate surface area is 122 Å². The minimum absolute atomic E-state index is 0.296. The van der Waals surface area contributed by atoms with Crippen LogP contribution in [-0.2, 0) is 0 Å². The van der Waals surface area contributed by atoms with Gasteiger partial charge in [-0.05, 0) is 51.6 Å². The van der Waals surface area contributed by atoms with Crippen LogP contribution in [0.2, 0.25) is 0 Å². The smallest absolute Gasteiger partial charge is 0.123 e. The second-order valence-electron chi connectivity index (χ2n) is 5.45. The standard InChI is InChI=1S/C16H26N2O2/c1-12(18(2)13-6-5-9-17-11-13)15-10-14(19-3)7-8-16(15)20-4/h7-8,10,12-13,17H,5-6,9,11H2,1-4H3. The summed E-state index contributed by atoms with van der Waals surface area (Å²) in [7, 11) is 5.62. The highest BCUT2D eigenvalue weighted by Crippen LogP contribution is 2.33. The van der Waals surface area contributed by atoms with Crippen molar-refractivity contribution >= 4 is 0 Å². The molecule has 1 aliphatic rings. The molecule has 1 aromatic rings. The first-order chi connectivity index (χ1) is 9.67. The number of nitrogens with one attached hydrogen (secondary N) is 1. The van der Waals surface area contributed by atoms with Crippen LogP contribution in [0.4, 0.5) is 0 Å². The Morgan fingerprint density at radius 3 is 2.70 bits per heavy atom. The molecule has 0 aliphatic carbocycles. The molecule has 0 bridgehead atoms. The highest BCUT2D eigenvalue weighted by molar-refractivity contribution is 5.42. The molecule has 4 heteroatoms. The molecule has 1 aromatic carbocycles. The molecule has 0 saturated carbocycles. The van der Waals surface area contributed by atoms with E-state index in [2.05, 4.69) is 30.3 Å². The topological polar surface area (TPSA) is 33.7 Å². The summed E-state index contributed by atoms with van der Waals surface area (Å²) >= 11 is 0. The molecule has 0 spiro atoms. The number of hydrogen-bond donors (Lipinski definition) is 1. The van der Waals surface area contributed by atoms with E-state index >= 15 is 0 Å². The zero-order chi connectivity index (χ0) is 14.5. The number of piperidine rings is 1. The van der Waals surface area contributed by atoms with Crippen LogP contribution in [0.25, 0.3) is 0 Å². The number of nitrogens with zero attached hydrogens (tertiary/aromatic N) is 1. The lowest BCUT2D eigenvalue weighted by Crippen LogP contribution is -2.45. The number of methoxy groups -OCH3 is 2. The Balaban J connectivity index is 2.19. The molecule has 2 unspecified atom stereocenters. The predicted octanol–water partition coefficient (Wildman–Crippen LogP) is 2.45. The van der Waals surface area contributed by atoms with Gasteiger partial charge in [-0.2, -0.15) is 0 Å². The van der Waals surface area contributed by atoms with Crippen LogP contribution in [-0.4, -0.2) is 45.3 Å². The summed E-state index contributed by atoms with van der Waals surface area (Å²) in [4.78, 5) is 2.43. The average molecular weight is 278 g/mol. The van der Waals surface area contributed by atoms with Gasteiger partial charge in [0.1, 0.15) is 11.5 Å². The second kappa shape index (κ2) is 6.95. The SMILES string of the molecule is COc1ccc(OC)c(C(C)N(C)C2CCCNC2)c1. The molecule has 1 heterocycles. The molecule has 1 fully saturated rings. The third kappa shape index (κ3) is 3.25. The van der Waals surface area contributed by atoms with E-state index in [1.54, 1.807) is 14.2 Å². The van der Waals surface area contributed by atoms with Gasteiger partial charge in [0.15, 0.2) is 0 Å². The quantitative estimate of drug-likeness (QED) is 0.897. The Morgan fingerprint density at radius 1 is 1.30 bits per heavy atom. The van der Waals surface area contributed by atoms with Crippen molar-refractivity contribution in [3.63, 3.8) is 0 Å². The summed E-state index contributed by atoms with van der Waals surface area (Å²) in [6.45, 7) is 4.43. The van der Waals surface area contributed by atoms with Gasteiger partial charge in [0.2, 0.25) is 0 Å². The number of likely N-dealkylation sites (N-methyl/N-ethyl adjacent to an activating group) is 1. The van der Waals surface area contributed by atoms with Crippen molar-refractivity contribution in [3.8, 4) is 11.5 Å². The molecule has 4 nitrogen and oxygen atoms in total. The Morgan fingerprint density at radius 2 is 2.10 bits per heavy atom. The second-order valence-corrected chi connectivity index (χ2v) is 5.45. The summed E-state index contributed by atoms with van der Waals surface area (Å²) in [6.07, 6.45) is 2.50. The van der Waals surface area contributed by atoms with Crippen LogP contribution in [0, 0.1) is 0 Å². The molecule has 2 atom stereocenters. The Bertz CT molecular complexity index is 430. The zero-order valence-corrected chi connectivity index (χ0v) is 13.0. The van der Waals surface area contributed by atoms with Gasteiger partial charge in [0.25, 0.3) is 0 Å². The molecular weight excluding hydrogens is 252 g/mol. The van der Waals surface area contributed by atoms with Crippen LogP contribution in [0.3, 0.4) is 0 Å². The monoisotopic (exact) mass is 278 g/mol. The van der Waals surface area contributed by atoms with Gasteiger partial charge in [0.05, 0.1) is 14.2 Å². The number of ether oxygens (including phenoxy) is 2. The van der Waals surface area contributed by atoms with Gasteiger partial charge in [-0.1, -0.05) is 0 Å². The number of benzene rings is 1. The molecule has 1 aliphatic heterocycles. The van der Waals surface area contributed by atoms with E-state index in [1.807, 2.05) is 12.1 Å². The predicted molar refractivity (Wildman–Crippen MR) is 81.6 cm³/mol. The minimum atomic E-state index is 0.296. The fourth-order valence-corrected chi connectivity index (χ4v) is 2.88. The number of hydrogen-bond acceptors (Lipinski definition) is 4. The van der Waals surface area contributed by atoms with E-state index in [0.717, 1.165) is 24.6 Å². The van der Waals surface area contributed by atoms with Crippen LogP contribution in [0.5, 0.6) is 11.5 Å². The Kier molecular flexibility index (Phi) is 5.26. The van der Waals surface area contributed by atoms with Gasteiger partial charge < -0.3 is 14.8 Å². The first kappa shape index (κ1) is 15.1. The average Bonchev–Trinajstić information content (AvgIpc) is 2.53. The fraction of sp³-hybridized carbons (Fsp3) is 0.625. The highest BCUT2D eigenvalue weighted by Gasteiger charge is 2.24. The molecule has 1 N–H and O–H groups in total. The van der Waals surface area contributed by atoms with Crippen molar-refractivity contribution in [2.45, 2.75) is 31.8 Å². The number of rotatable bonds is 5. The van der Waals surface area contributed by atoms with Gasteiger partial charge in [0, 0.05) is 24.2 Å². The van der Waals surface area contributed by atoms with Crippen molar-refractivity contribution in [2.24, 2.45) is 0 Å². The summed E-state index contributed by atoms with van der Waals surface area (Å²) in [5.41, 5.74) is 1.18. The molecule has 20 heavy (non-hydrogen) atoms. The normalized spacial score (nSPS) is 20.8. The molecule has 0 aromatic heterocycles. The maximum absolute atomic E-state index is 5.51. The fourth-order valence-electron chi connectivity index (χ4n) is 2.88. The first-order valence-corrected chi connectivity index (χ1v) is 7.32. The Hall–Kier alpha value is -1.26. The molecular formula is C16H26N2O2. The van der Waals surface area contributed by atoms with Gasteiger partial charge in [-0.25, -0.2) is 0 Å². The largest absolute Gasteiger partial charge is 0.497 e. The van der Waals surface area contributed by atoms with Gasteiger partial charge >= 0.3 is 0 Å². The maximum Gasteiger partial charge on any atom is 0.123 e. The lowest BCUT2D eigenvalue weighted by molar-refractivity contribution is 0.154. The van der Waals surface area contributed by atoms with Crippen molar-refractivity contribution in [3.05, 3.63) is 23.8 Å². The molecule has 0 amide bonds. The van der Waals surface area contributed by atoms with Crippen LogP contribution in [0.1, 0.15) is 31.4 Å². The van der Waals surface area contributed by atoms with E-state index in [1.165, 1.54) is 18.4 Å². The lowest BCUT2D eigenvalue weighted by atomic mass is 10.0. The van der Waals surface area contributed by atoms with Crippen LogP contribution in [0.15, 0.2) is 18.2 Å². The highest BCUT2D eigenvalue weighted by atomic mass is 16.5. The maximum atomic E-state index is 5.51. The van der Waals surface area contributed by atoms with E-state index in [0.29, 0.717) is 12.1 Å². The molecule has 2 rings (SSSR count). The van der Waals surface area contributed by atoms with Crippen molar-refractivity contribution < 1.29 is 9.47 Å².